The van der Waals surface area contributed by atoms with Crippen molar-refractivity contribution in [2.75, 3.05) is 53.9 Å². The minimum absolute atomic E-state index is 0.0868. The summed E-state index contributed by atoms with van der Waals surface area (Å²) >= 11 is 0. The summed E-state index contributed by atoms with van der Waals surface area (Å²) in [7, 11) is -1.36. The number of phosphoric ester groups is 1. The SMILES string of the molecule is C=CCOC(=O)O[C@@H]1C(OO[C@@H]2O[C@H](COC)[C@@H](OP(=O)(OCC=C)OCC=C)[C@H](OCC[C@@H](CCCCCCC)OC)[C@H]2NC(=O)CCCCCCCCCC=CCCCCCC)C[C@H](OC=CC)[C@H](NC(=O)CC(=O)CCCCCCCCCCC)C1OCCCCCCCCCC. The molecule has 21 heteroatoms. The number of allylic oxidation sites excluding steroid dienone is 3. The van der Waals surface area contributed by atoms with Gasteiger partial charge < -0.3 is 48.5 Å². The van der Waals surface area contributed by atoms with E-state index < -0.39 is 81.0 Å². The smallest absolute Gasteiger partial charge is 0.496 e. The third-order valence-corrected chi connectivity index (χ3v) is 19.7. The number of unbranched alkanes of at least 4 members (excludes halogenated alkanes) is 30. The molecule has 0 radical (unpaired) electrons. The van der Waals surface area contributed by atoms with Gasteiger partial charge in [0.1, 0.15) is 55.1 Å². The van der Waals surface area contributed by atoms with Crippen molar-refractivity contribution < 1.29 is 85.0 Å². The van der Waals surface area contributed by atoms with Crippen molar-refractivity contribution in [3.63, 3.8) is 0 Å². The van der Waals surface area contributed by atoms with Gasteiger partial charge in [-0.3, -0.25) is 28.0 Å². The number of hydrogen-bond donors (Lipinski definition) is 2. The molecule has 2 fully saturated rings. The Labute approximate surface area is 605 Å². The summed E-state index contributed by atoms with van der Waals surface area (Å²) in [6, 6.07) is -2.26. The van der Waals surface area contributed by atoms with E-state index in [9.17, 15) is 23.7 Å². The lowest BCUT2D eigenvalue weighted by Crippen LogP contribution is -2.67. The lowest BCUT2D eigenvalue weighted by Gasteiger charge is -2.47. The monoisotopic (exact) mass is 1440 g/mol. The van der Waals surface area contributed by atoms with Crippen LogP contribution in [0.25, 0.3) is 0 Å². The number of hydrogen-bond acceptors (Lipinski definition) is 18. The first-order valence-electron chi connectivity index (χ1n) is 39.3. The second kappa shape index (κ2) is 62.6. The highest BCUT2D eigenvalue weighted by Gasteiger charge is 2.55. The first-order chi connectivity index (χ1) is 48.8. The molecule has 2 aliphatic rings. The van der Waals surface area contributed by atoms with Crippen LogP contribution in [0, 0.1) is 0 Å². The van der Waals surface area contributed by atoms with Crippen LogP contribution >= 0.6 is 7.82 Å². The van der Waals surface area contributed by atoms with Crippen molar-refractivity contribution in [3.8, 4) is 0 Å². The van der Waals surface area contributed by atoms with Crippen molar-refractivity contribution in [1.29, 1.82) is 0 Å². The molecule has 1 aliphatic carbocycles. The second-order valence-corrected chi connectivity index (χ2v) is 28.7. The molecule has 20 nitrogen and oxygen atoms in total. The average molecular weight is 1440 g/mol. The Morgan fingerprint density at radius 2 is 1.04 bits per heavy atom. The van der Waals surface area contributed by atoms with Crippen LogP contribution in [0.5, 0.6) is 0 Å². The summed E-state index contributed by atoms with van der Waals surface area (Å²) in [5.41, 5.74) is 0. The molecule has 2 amide bonds. The highest BCUT2D eigenvalue weighted by Crippen LogP contribution is 2.53. The summed E-state index contributed by atoms with van der Waals surface area (Å²) in [5, 5.41) is 6.25. The Morgan fingerprint density at radius 1 is 0.540 bits per heavy atom. The topological polar surface area (TPSA) is 229 Å². The van der Waals surface area contributed by atoms with Gasteiger partial charge in [-0.15, -0.1) is 13.2 Å². The molecule has 0 aromatic rings. The highest BCUT2D eigenvalue weighted by molar-refractivity contribution is 7.48. The number of carbonyl (C=O) groups excluding carboxylic acids is 4. The van der Waals surface area contributed by atoms with Crippen LogP contribution in [0.15, 0.2) is 62.5 Å². The summed E-state index contributed by atoms with van der Waals surface area (Å²) in [4.78, 5) is 69.3. The number of phosphoric acid groups is 1. The van der Waals surface area contributed by atoms with Crippen molar-refractivity contribution in [3.05, 3.63) is 62.5 Å². The van der Waals surface area contributed by atoms with Gasteiger partial charge in [0.25, 0.3) is 0 Å². The molecular formula is C79H141N2O18P. The van der Waals surface area contributed by atoms with Gasteiger partial charge in [0.2, 0.25) is 18.1 Å². The van der Waals surface area contributed by atoms with E-state index in [1.165, 1.54) is 102 Å². The van der Waals surface area contributed by atoms with Gasteiger partial charge in [0.15, 0.2) is 6.10 Å². The van der Waals surface area contributed by atoms with E-state index in [-0.39, 0.29) is 83.1 Å². The maximum Gasteiger partial charge on any atom is 0.509 e. The number of ketones is 1. The normalized spacial score (nSPS) is 21.3. The Bertz CT molecular complexity index is 2170. The zero-order valence-corrected chi connectivity index (χ0v) is 64.4. The number of carbonyl (C=O) groups is 4. The van der Waals surface area contributed by atoms with E-state index in [4.69, 9.17) is 61.2 Å². The van der Waals surface area contributed by atoms with Crippen LogP contribution in [-0.2, 0) is 80.2 Å². The summed E-state index contributed by atoms with van der Waals surface area (Å²) in [6.07, 6.45) is 39.7. The molecule has 0 aromatic heterocycles. The lowest BCUT2D eigenvalue weighted by molar-refractivity contribution is -0.439. The minimum Gasteiger partial charge on any atom is -0.496 e. The van der Waals surface area contributed by atoms with Gasteiger partial charge >= 0.3 is 14.0 Å². The maximum atomic E-state index is 14.8. The number of amides is 2. The van der Waals surface area contributed by atoms with Crippen molar-refractivity contribution in [2.24, 2.45) is 0 Å². The summed E-state index contributed by atoms with van der Waals surface area (Å²) < 4.78 is 83.1. The molecule has 11 atom stereocenters. The third-order valence-electron chi connectivity index (χ3n) is 18.3. The molecule has 2 unspecified atom stereocenters. The fourth-order valence-corrected chi connectivity index (χ4v) is 14.0. The van der Waals surface area contributed by atoms with Crippen molar-refractivity contribution in [1.82, 2.24) is 10.6 Å². The van der Waals surface area contributed by atoms with Crippen LogP contribution in [0.2, 0.25) is 0 Å². The van der Waals surface area contributed by atoms with E-state index in [2.05, 4.69) is 70.2 Å². The molecule has 100 heavy (non-hydrogen) atoms. The predicted molar refractivity (Wildman–Crippen MR) is 398 cm³/mol. The zero-order chi connectivity index (χ0) is 73.0. The molecule has 0 bridgehead atoms. The second-order valence-electron chi connectivity index (χ2n) is 27.0. The Morgan fingerprint density at radius 3 is 1.59 bits per heavy atom. The number of rotatable bonds is 68. The van der Waals surface area contributed by atoms with Gasteiger partial charge in [0.05, 0.1) is 44.6 Å². The van der Waals surface area contributed by atoms with E-state index in [1.807, 2.05) is 0 Å². The maximum absolute atomic E-state index is 14.8. The van der Waals surface area contributed by atoms with Gasteiger partial charge in [-0.25, -0.2) is 19.1 Å². The van der Waals surface area contributed by atoms with Crippen molar-refractivity contribution >= 4 is 31.6 Å². The predicted octanol–water partition coefficient (Wildman–Crippen LogP) is 19.2. The van der Waals surface area contributed by atoms with E-state index in [1.54, 1.807) is 20.1 Å². The molecule has 1 aliphatic heterocycles. The fraction of sp³-hybridized carbons (Fsp3) is 0.823. The molecule has 2 N–H and O–H groups in total. The molecule has 0 spiro atoms. The van der Waals surface area contributed by atoms with E-state index in [0.717, 1.165) is 141 Å². The third kappa shape index (κ3) is 43.5. The van der Waals surface area contributed by atoms with Crippen LogP contribution < -0.4 is 10.6 Å². The summed E-state index contributed by atoms with van der Waals surface area (Å²) in [6.45, 7) is 21.3. The Kier molecular flexibility index (Phi) is 57.8. The first kappa shape index (κ1) is 92.3. The molecule has 2 rings (SSSR count). The molecular weight excluding hydrogens is 1300 g/mol. The van der Waals surface area contributed by atoms with Gasteiger partial charge in [-0.05, 0) is 64.7 Å². The number of Topliss-reactive ketones (excluding diaryl/α,β-unsaturated/α-hetero) is 1. The van der Waals surface area contributed by atoms with E-state index in [0.29, 0.717) is 25.7 Å². The van der Waals surface area contributed by atoms with E-state index >= 15 is 0 Å². The lowest BCUT2D eigenvalue weighted by atomic mass is 9.84. The minimum atomic E-state index is -4.50. The fourth-order valence-electron chi connectivity index (χ4n) is 12.7. The summed E-state index contributed by atoms with van der Waals surface area (Å²) in [5.74, 6) is -1.07. The highest BCUT2D eigenvalue weighted by atomic mass is 31.2. The average Bonchev–Trinajstić information content (AvgIpc) is 0.784. The zero-order valence-electron chi connectivity index (χ0n) is 63.5. The molecule has 1 saturated heterocycles. The largest absolute Gasteiger partial charge is 0.509 e. The molecule has 1 heterocycles. The number of methoxy groups -OCH3 is 2. The standard InChI is InChI=1S/C79H141N2O18P/c1-11-19-23-27-30-33-34-35-36-37-38-40-42-46-50-54-70(83)80-73-77(91-61-55-66(88-10)53-49-44-26-22-14-4)75(99-100(86,93-58-17-7)94-59-18-8)69(64-87-9)95-78(73)98-97-68-63-67(89-56-15-5)72(81-71(84)62-65(82)52-48-45-41-39-31-28-24-20-12-2)76(74(68)96-79(85)92-57-16-6)90-60-51-47-43-32-29-25-21-13-3/h15-18,33-34,56,66-69,72-78H,6-8,11-14,19-32,35-55,57-64H2,1-5,9-10H3,(H,80,83)(H,81,84)/t66-,67+,68?,69-,72+,73-,74-,75-,76?,77-,78+/m1/s1. The number of ether oxygens (including phenoxy) is 8. The Balaban J connectivity index is 2.74. The van der Waals surface area contributed by atoms with Gasteiger partial charge in [0, 0.05) is 46.7 Å². The van der Waals surface area contributed by atoms with Crippen LogP contribution in [0.3, 0.4) is 0 Å². The van der Waals surface area contributed by atoms with Crippen LogP contribution in [-0.4, -0.2) is 145 Å². The van der Waals surface area contributed by atoms with Gasteiger partial charge in [-0.2, -0.15) is 0 Å². The first-order valence-corrected chi connectivity index (χ1v) is 40.8. The molecule has 1 saturated carbocycles. The van der Waals surface area contributed by atoms with Gasteiger partial charge in [-0.1, -0.05) is 251 Å². The van der Waals surface area contributed by atoms with Crippen LogP contribution in [0.1, 0.15) is 298 Å². The molecule has 580 valence electrons. The Hall–Kier alpha value is -3.79. The number of nitrogens with one attached hydrogen (secondary N) is 2. The quantitative estimate of drug-likeness (QED) is 0.00843. The van der Waals surface area contributed by atoms with Crippen molar-refractivity contribution in [2.45, 2.75) is 365 Å². The molecule has 0 aromatic carbocycles. The van der Waals surface area contributed by atoms with Crippen LogP contribution in [0.4, 0.5) is 4.79 Å².